The standard InChI is InChI=1S/C29H25F6N9O6/c30-15-10-38-28(39-11-15)42-20-6-14(24(36)46)7-21-19(20)12-41-44(21)23(25(37)47)18(9-22(45)50-26(48)29(33,34)35)13-4-16(43-3-1-2-40-43)8-17(5-13)49-27(31)32/h1-8,12,15,18,23,27H,9-11H2,(H2,36,46)(H2,37,47)(H2,38,39,42)/t18-,23?/m0/s1. The highest BCUT2D eigenvalue weighted by Crippen LogP contribution is 2.39. The van der Waals surface area contributed by atoms with Gasteiger partial charge >= 0.3 is 24.7 Å². The first-order valence-electron chi connectivity index (χ1n) is 14.3. The Morgan fingerprint density at radius 2 is 1.84 bits per heavy atom. The number of guanidine groups is 1. The van der Waals surface area contributed by atoms with Crippen molar-refractivity contribution in [3.05, 3.63) is 66.1 Å². The van der Waals surface area contributed by atoms with Crippen LogP contribution in [0.3, 0.4) is 0 Å². The molecule has 4 aromatic rings. The lowest BCUT2D eigenvalue weighted by Gasteiger charge is -2.27. The van der Waals surface area contributed by atoms with Crippen molar-refractivity contribution >= 4 is 46.3 Å². The number of carbonyl (C=O) groups excluding carboxylic acids is 4. The summed E-state index contributed by atoms with van der Waals surface area (Å²) in [5.41, 5.74) is 11.2. The van der Waals surface area contributed by atoms with Crippen LogP contribution < -0.4 is 26.8 Å². The van der Waals surface area contributed by atoms with Crippen molar-refractivity contribution in [1.29, 1.82) is 0 Å². The van der Waals surface area contributed by atoms with Crippen LogP contribution in [0.15, 0.2) is 60.0 Å². The van der Waals surface area contributed by atoms with Crippen LogP contribution >= 0.6 is 0 Å². The number of fused-ring (bicyclic) bond motifs is 1. The van der Waals surface area contributed by atoms with Crippen molar-refractivity contribution in [1.82, 2.24) is 24.9 Å². The predicted octanol–water partition coefficient (Wildman–Crippen LogP) is 2.46. The van der Waals surface area contributed by atoms with E-state index in [4.69, 9.17) is 11.5 Å². The molecule has 0 saturated heterocycles. The van der Waals surface area contributed by atoms with E-state index in [9.17, 15) is 45.5 Å². The van der Waals surface area contributed by atoms with E-state index < -0.39 is 66.8 Å². The van der Waals surface area contributed by atoms with E-state index in [1.165, 1.54) is 47.5 Å². The van der Waals surface area contributed by atoms with Gasteiger partial charge in [0.05, 0.1) is 42.6 Å². The zero-order chi connectivity index (χ0) is 36.3. The van der Waals surface area contributed by atoms with Crippen LogP contribution in [-0.4, -0.2) is 81.3 Å². The summed E-state index contributed by atoms with van der Waals surface area (Å²) >= 11 is 0. The van der Waals surface area contributed by atoms with Crippen LogP contribution in [0.25, 0.3) is 16.6 Å². The minimum Gasteiger partial charge on any atom is -0.435 e. The highest BCUT2D eigenvalue weighted by atomic mass is 19.4. The van der Waals surface area contributed by atoms with Gasteiger partial charge in [0.15, 0.2) is 5.96 Å². The van der Waals surface area contributed by atoms with Crippen molar-refractivity contribution in [2.75, 3.05) is 18.4 Å². The van der Waals surface area contributed by atoms with Gasteiger partial charge in [-0.1, -0.05) is 0 Å². The van der Waals surface area contributed by atoms with Crippen molar-refractivity contribution < 1.29 is 55.0 Å². The third-order valence-electron chi connectivity index (χ3n) is 7.29. The van der Waals surface area contributed by atoms with Gasteiger partial charge in [-0.05, 0) is 35.9 Å². The van der Waals surface area contributed by atoms with Crippen molar-refractivity contribution in [3.63, 3.8) is 0 Å². The number of alkyl halides is 6. The fourth-order valence-corrected chi connectivity index (χ4v) is 5.17. The Morgan fingerprint density at radius 3 is 2.44 bits per heavy atom. The first kappa shape index (κ1) is 35.2. The molecule has 21 heteroatoms. The number of aliphatic imine (C=N–C) groups is 1. The highest BCUT2D eigenvalue weighted by Gasteiger charge is 2.43. The fraction of sp³-hybridized carbons (Fsp3) is 0.276. The average molecular weight is 710 g/mol. The summed E-state index contributed by atoms with van der Waals surface area (Å²) in [5, 5.41) is 14.0. The number of nitrogens with two attached hydrogens (primary N) is 2. The van der Waals surface area contributed by atoms with Crippen molar-refractivity contribution in [3.8, 4) is 11.4 Å². The van der Waals surface area contributed by atoms with Crippen LogP contribution in [0.4, 0.5) is 32.0 Å². The maximum absolute atomic E-state index is 13.6. The average Bonchev–Trinajstić information content (AvgIpc) is 3.72. The number of halogens is 6. The first-order chi connectivity index (χ1) is 23.6. The first-order valence-corrected chi connectivity index (χ1v) is 14.3. The Bertz CT molecular complexity index is 1960. The van der Waals surface area contributed by atoms with Gasteiger partial charge < -0.3 is 31.6 Å². The normalized spacial score (nSPS) is 15.9. The molecule has 1 aliphatic rings. The molecule has 0 bridgehead atoms. The summed E-state index contributed by atoms with van der Waals surface area (Å²) in [6.45, 7) is -3.63. The van der Waals surface area contributed by atoms with Crippen LogP contribution in [0, 0.1) is 0 Å². The van der Waals surface area contributed by atoms with Gasteiger partial charge in [-0.3, -0.25) is 19.1 Å². The number of rotatable bonds is 11. The topological polar surface area (TPSA) is 211 Å². The van der Waals surface area contributed by atoms with Gasteiger partial charge in [0, 0.05) is 35.3 Å². The molecule has 2 unspecified atom stereocenters. The number of esters is 2. The monoisotopic (exact) mass is 709 g/mol. The van der Waals surface area contributed by atoms with Crippen LogP contribution in [0.1, 0.15) is 34.3 Å². The molecule has 264 valence electrons. The number of hydrogen-bond donors (Lipinski definition) is 4. The van der Waals surface area contributed by atoms with Crippen LogP contribution in [0.5, 0.6) is 5.75 Å². The molecule has 2 amide bonds. The van der Waals surface area contributed by atoms with Gasteiger partial charge in [0.25, 0.3) is 0 Å². The molecular weight excluding hydrogens is 684 g/mol. The molecule has 0 aliphatic carbocycles. The molecule has 3 atom stereocenters. The van der Waals surface area contributed by atoms with Gasteiger partial charge in [-0.15, -0.1) is 0 Å². The van der Waals surface area contributed by atoms with Crippen molar-refractivity contribution in [2.45, 2.75) is 37.3 Å². The quantitative estimate of drug-likeness (QED) is 0.102. The molecule has 2 aromatic carbocycles. The summed E-state index contributed by atoms with van der Waals surface area (Å²) < 4.78 is 90.0. The molecule has 50 heavy (non-hydrogen) atoms. The van der Waals surface area contributed by atoms with Crippen molar-refractivity contribution in [2.24, 2.45) is 16.5 Å². The van der Waals surface area contributed by atoms with Crippen LogP contribution in [-0.2, 0) is 19.1 Å². The Hall–Kier alpha value is -6.15. The molecule has 15 nitrogen and oxygen atoms in total. The number of benzene rings is 2. The van der Waals surface area contributed by atoms with E-state index in [2.05, 4.69) is 35.3 Å². The molecule has 0 radical (unpaired) electrons. The number of nitrogens with one attached hydrogen (secondary N) is 2. The summed E-state index contributed by atoms with van der Waals surface area (Å²) in [7, 11) is 0. The molecule has 5 rings (SSSR count). The van der Waals surface area contributed by atoms with E-state index in [-0.39, 0.29) is 52.5 Å². The summed E-state index contributed by atoms with van der Waals surface area (Å²) in [6.07, 6.45) is -4.05. The lowest BCUT2D eigenvalue weighted by molar-refractivity contribution is -0.202. The number of ether oxygens (including phenoxy) is 2. The number of nitrogens with zero attached hydrogens (tertiary/aromatic N) is 5. The second-order valence-electron chi connectivity index (χ2n) is 10.7. The lowest BCUT2D eigenvalue weighted by atomic mass is 9.87. The second-order valence-corrected chi connectivity index (χ2v) is 10.7. The molecule has 0 fully saturated rings. The Kier molecular flexibility index (Phi) is 9.95. The zero-order valence-electron chi connectivity index (χ0n) is 25.2. The van der Waals surface area contributed by atoms with E-state index in [0.717, 1.165) is 16.8 Å². The lowest BCUT2D eigenvalue weighted by Crippen LogP contribution is -2.41. The number of anilines is 1. The Balaban J connectivity index is 1.68. The Labute approximate surface area is 276 Å². The highest BCUT2D eigenvalue weighted by molar-refractivity contribution is 6.07. The number of hydrogen-bond acceptors (Lipinski definition) is 11. The van der Waals surface area contributed by atoms with Crippen LogP contribution in [0.2, 0.25) is 0 Å². The van der Waals surface area contributed by atoms with Gasteiger partial charge in [-0.2, -0.15) is 32.1 Å². The SMILES string of the molecule is NC(=O)c1cc(NC2=NCC(F)CN2)c2cnn(C(C(N)=O)[C@@H](CC(=O)OC(=O)C(F)(F)F)c3cc(OC(F)F)cc(-n4cccn4)c3)c2c1. The third kappa shape index (κ3) is 7.93. The number of aromatic nitrogens is 4. The molecule has 0 spiro atoms. The summed E-state index contributed by atoms with van der Waals surface area (Å²) in [4.78, 5) is 54.0. The minimum atomic E-state index is -5.57. The largest absolute Gasteiger partial charge is 0.491 e. The molecular formula is C29H25F6N9O6. The molecule has 2 aromatic heterocycles. The Morgan fingerprint density at radius 1 is 1.08 bits per heavy atom. The summed E-state index contributed by atoms with van der Waals surface area (Å²) in [5.74, 6) is -8.92. The molecule has 3 heterocycles. The van der Waals surface area contributed by atoms with Gasteiger partial charge in [0.2, 0.25) is 11.8 Å². The fourth-order valence-electron chi connectivity index (χ4n) is 5.17. The molecule has 6 N–H and O–H groups in total. The smallest absolute Gasteiger partial charge is 0.435 e. The number of amides is 2. The van der Waals surface area contributed by atoms with E-state index >= 15 is 0 Å². The molecule has 1 aliphatic heterocycles. The van der Waals surface area contributed by atoms with Gasteiger partial charge in [0.1, 0.15) is 18.0 Å². The number of carbonyl (C=O) groups is 4. The van der Waals surface area contributed by atoms with E-state index in [0.29, 0.717) is 0 Å². The second kappa shape index (κ2) is 14.1. The number of primary amides is 2. The predicted molar refractivity (Wildman–Crippen MR) is 160 cm³/mol. The van der Waals surface area contributed by atoms with Gasteiger partial charge in [-0.25, -0.2) is 18.9 Å². The minimum absolute atomic E-state index is 0.0376. The van der Waals surface area contributed by atoms with E-state index in [1.54, 1.807) is 0 Å². The van der Waals surface area contributed by atoms with E-state index in [1.807, 2.05) is 0 Å². The molecule has 0 saturated carbocycles. The summed E-state index contributed by atoms with van der Waals surface area (Å²) in [6, 6.07) is 5.49. The maximum Gasteiger partial charge on any atom is 0.491 e. The third-order valence-corrected chi connectivity index (χ3v) is 7.29. The zero-order valence-corrected chi connectivity index (χ0v) is 25.2. The maximum atomic E-state index is 13.6.